The van der Waals surface area contributed by atoms with Crippen LogP contribution in [0.15, 0.2) is 66.7 Å². The predicted molar refractivity (Wildman–Crippen MR) is 113 cm³/mol. The maximum atomic E-state index is 12.6. The average molecular weight is 391 g/mol. The molecular formula is C24H25NO4. The number of ether oxygens (including phenoxy) is 1. The number of carboxylic acid groups (broad SMARTS) is 1. The molecule has 1 amide bonds. The number of aliphatic carboxylic acids is 1. The van der Waals surface area contributed by atoms with Gasteiger partial charge in [-0.25, -0.2) is 0 Å². The molecule has 0 aliphatic heterocycles. The first-order valence-corrected chi connectivity index (χ1v) is 9.78. The molecule has 0 bridgehead atoms. The van der Waals surface area contributed by atoms with E-state index < -0.39 is 17.9 Å². The Morgan fingerprint density at radius 1 is 0.966 bits per heavy atom. The highest BCUT2D eigenvalue weighted by atomic mass is 16.5. The molecular weight excluding hydrogens is 366 g/mol. The fraction of sp³-hybridized carbons (Fsp3) is 0.250. The molecule has 0 spiro atoms. The highest BCUT2D eigenvalue weighted by molar-refractivity contribution is 6.04. The molecule has 29 heavy (non-hydrogen) atoms. The number of rotatable bonds is 9. The summed E-state index contributed by atoms with van der Waals surface area (Å²) in [5.74, 6) is -1.04. The second kappa shape index (κ2) is 9.73. The second-order valence-corrected chi connectivity index (χ2v) is 6.99. The van der Waals surface area contributed by atoms with E-state index in [1.165, 1.54) is 12.5 Å². The largest absolute Gasteiger partial charge is 0.492 e. The molecule has 0 aromatic heterocycles. The lowest BCUT2D eigenvalue weighted by atomic mass is 10.0. The number of carboxylic acids is 1. The molecule has 0 saturated heterocycles. The van der Waals surface area contributed by atoms with E-state index in [1.54, 1.807) is 6.07 Å². The van der Waals surface area contributed by atoms with Crippen molar-refractivity contribution in [2.75, 3.05) is 6.61 Å². The van der Waals surface area contributed by atoms with Crippen molar-refractivity contribution in [1.29, 1.82) is 0 Å². The summed E-state index contributed by atoms with van der Waals surface area (Å²) < 4.78 is 6.04. The van der Waals surface area contributed by atoms with Gasteiger partial charge in [0.15, 0.2) is 0 Å². The van der Waals surface area contributed by atoms with Gasteiger partial charge in [-0.15, -0.1) is 0 Å². The number of fused-ring (bicyclic) bond motifs is 1. The summed E-state index contributed by atoms with van der Waals surface area (Å²) in [6.07, 6.45) is 2.81. The highest BCUT2D eigenvalue weighted by Crippen LogP contribution is 2.30. The van der Waals surface area contributed by atoms with Crippen LogP contribution in [0.25, 0.3) is 10.8 Å². The molecule has 0 fully saturated rings. The number of aryl methyl sites for hydroxylation is 1. The minimum Gasteiger partial charge on any atom is -0.492 e. The lowest BCUT2D eigenvalue weighted by molar-refractivity contribution is -0.138. The Balaban J connectivity index is 1.71. The third kappa shape index (κ3) is 5.35. The molecule has 2 N–H and O–H groups in total. The number of nitrogens with one attached hydrogen (secondary N) is 1. The number of carbonyl (C=O) groups is 2. The smallest absolute Gasteiger partial charge is 0.325 e. The summed E-state index contributed by atoms with van der Waals surface area (Å²) in [6, 6.07) is 20.5. The van der Waals surface area contributed by atoms with Gasteiger partial charge in [-0.3, -0.25) is 9.59 Å². The number of unbranched alkanes of at least 4 members (excludes halogenated alkanes) is 1. The Hall–Kier alpha value is -3.34. The molecule has 3 rings (SSSR count). The minimum absolute atomic E-state index is 0.347. The lowest BCUT2D eigenvalue weighted by Crippen LogP contribution is -2.38. The summed E-state index contributed by atoms with van der Waals surface area (Å²) in [5.41, 5.74) is 1.64. The van der Waals surface area contributed by atoms with Crippen LogP contribution in [0.5, 0.6) is 5.75 Å². The number of amides is 1. The van der Waals surface area contributed by atoms with E-state index in [-0.39, 0.29) is 0 Å². The summed E-state index contributed by atoms with van der Waals surface area (Å²) in [7, 11) is 0. The molecule has 0 heterocycles. The van der Waals surface area contributed by atoms with Crippen LogP contribution >= 0.6 is 0 Å². The molecule has 5 heteroatoms. The van der Waals surface area contributed by atoms with Gasteiger partial charge in [0, 0.05) is 5.39 Å². The van der Waals surface area contributed by atoms with Crippen molar-refractivity contribution in [1.82, 2.24) is 5.32 Å². The van der Waals surface area contributed by atoms with Crippen molar-refractivity contribution >= 4 is 22.6 Å². The Kier molecular flexibility index (Phi) is 6.85. The third-order valence-electron chi connectivity index (χ3n) is 4.79. The van der Waals surface area contributed by atoms with Crippen LogP contribution in [0.4, 0.5) is 0 Å². The first kappa shape index (κ1) is 20.4. The van der Waals surface area contributed by atoms with Crippen molar-refractivity contribution in [2.45, 2.75) is 32.2 Å². The van der Waals surface area contributed by atoms with Crippen LogP contribution < -0.4 is 10.1 Å². The van der Waals surface area contributed by atoms with E-state index in [1.807, 2.05) is 48.5 Å². The van der Waals surface area contributed by atoms with Gasteiger partial charge in [-0.2, -0.15) is 0 Å². The Labute approximate surface area is 170 Å². The van der Waals surface area contributed by atoms with Crippen molar-refractivity contribution in [3.05, 3.63) is 77.9 Å². The van der Waals surface area contributed by atoms with Crippen molar-refractivity contribution in [2.24, 2.45) is 0 Å². The van der Waals surface area contributed by atoms with Gasteiger partial charge in [0.1, 0.15) is 11.8 Å². The van der Waals surface area contributed by atoms with Gasteiger partial charge in [-0.05, 0) is 43.2 Å². The fourth-order valence-corrected chi connectivity index (χ4v) is 3.16. The van der Waals surface area contributed by atoms with Gasteiger partial charge in [0.25, 0.3) is 5.91 Å². The molecule has 0 radical (unpaired) electrons. The quantitative estimate of drug-likeness (QED) is 0.529. The Morgan fingerprint density at radius 3 is 2.45 bits per heavy atom. The monoisotopic (exact) mass is 391 g/mol. The SMILES string of the molecule is C[C@H](NC(=O)c1ccc2ccccc2c1OCCCCc1ccccc1)C(=O)O. The second-order valence-electron chi connectivity index (χ2n) is 6.99. The minimum atomic E-state index is -1.08. The fourth-order valence-electron chi connectivity index (χ4n) is 3.16. The summed E-state index contributed by atoms with van der Waals surface area (Å²) >= 11 is 0. The molecule has 0 aliphatic carbocycles. The maximum absolute atomic E-state index is 12.6. The molecule has 0 aliphatic rings. The third-order valence-corrected chi connectivity index (χ3v) is 4.79. The van der Waals surface area contributed by atoms with E-state index in [2.05, 4.69) is 17.4 Å². The topological polar surface area (TPSA) is 75.6 Å². The first-order valence-electron chi connectivity index (χ1n) is 9.78. The average Bonchev–Trinajstić information content (AvgIpc) is 2.74. The van der Waals surface area contributed by atoms with E-state index in [4.69, 9.17) is 9.84 Å². The van der Waals surface area contributed by atoms with Crippen molar-refractivity contribution < 1.29 is 19.4 Å². The van der Waals surface area contributed by atoms with E-state index in [0.717, 1.165) is 30.0 Å². The zero-order chi connectivity index (χ0) is 20.6. The maximum Gasteiger partial charge on any atom is 0.325 e. The summed E-state index contributed by atoms with van der Waals surface area (Å²) in [5, 5.41) is 13.4. The van der Waals surface area contributed by atoms with E-state index >= 15 is 0 Å². The Morgan fingerprint density at radius 2 is 1.69 bits per heavy atom. The molecule has 5 nitrogen and oxygen atoms in total. The van der Waals surface area contributed by atoms with Crippen molar-refractivity contribution in [3.8, 4) is 5.75 Å². The summed E-state index contributed by atoms with van der Waals surface area (Å²) in [6.45, 7) is 1.92. The predicted octanol–water partition coefficient (Wildman–Crippen LogP) is 4.44. The molecule has 3 aromatic carbocycles. The van der Waals surface area contributed by atoms with Crippen LogP contribution in [0.3, 0.4) is 0 Å². The van der Waals surface area contributed by atoms with Gasteiger partial charge >= 0.3 is 5.97 Å². The first-order chi connectivity index (χ1) is 14.1. The summed E-state index contributed by atoms with van der Waals surface area (Å²) in [4.78, 5) is 23.7. The number of hydrogen-bond acceptors (Lipinski definition) is 3. The zero-order valence-corrected chi connectivity index (χ0v) is 16.4. The zero-order valence-electron chi connectivity index (χ0n) is 16.4. The van der Waals surface area contributed by atoms with Gasteiger partial charge in [0.2, 0.25) is 0 Å². The molecule has 0 saturated carbocycles. The van der Waals surface area contributed by atoms with Crippen LogP contribution in [0.2, 0.25) is 0 Å². The molecule has 0 unspecified atom stereocenters. The van der Waals surface area contributed by atoms with Crippen LogP contribution in [0.1, 0.15) is 35.7 Å². The number of benzene rings is 3. The molecule has 150 valence electrons. The Bertz CT molecular complexity index is 985. The van der Waals surface area contributed by atoms with E-state index in [9.17, 15) is 9.59 Å². The highest BCUT2D eigenvalue weighted by Gasteiger charge is 2.20. The normalized spacial score (nSPS) is 11.8. The van der Waals surface area contributed by atoms with Gasteiger partial charge in [0.05, 0.1) is 12.2 Å². The standard InChI is InChI=1S/C24H25NO4/c1-17(24(27)28)25-23(26)21-15-14-19-12-5-6-13-20(19)22(21)29-16-8-7-11-18-9-3-2-4-10-18/h2-6,9-10,12-15,17H,7-8,11,16H2,1H3,(H,25,26)(H,27,28)/t17-/m0/s1. The molecule has 1 atom stereocenters. The number of hydrogen-bond donors (Lipinski definition) is 2. The molecule has 3 aromatic rings. The van der Waals surface area contributed by atoms with Crippen LogP contribution in [-0.4, -0.2) is 29.6 Å². The van der Waals surface area contributed by atoms with Crippen LogP contribution in [-0.2, 0) is 11.2 Å². The van der Waals surface area contributed by atoms with Crippen LogP contribution in [0, 0.1) is 0 Å². The van der Waals surface area contributed by atoms with Gasteiger partial charge in [-0.1, -0.05) is 60.7 Å². The lowest BCUT2D eigenvalue weighted by Gasteiger charge is -2.16. The van der Waals surface area contributed by atoms with Gasteiger partial charge < -0.3 is 15.2 Å². The number of carbonyl (C=O) groups excluding carboxylic acids is 1. The van der Waals surface area contributed by atoms with E-state index in [0.29, 0.717) is 17.9 Å². The van der Waals surface area contributed by atoms with Crippen molar-refractivity contribution in [3.63, 3.8) is 0 Å².